The molecular formula is C9H7Br3O2. The van der Waals surface area contributed by atoms with E-state index in [2.05, 4.69) is 52.5 Å². The summed E-state index contributed by atoms with van der Waals surface area (Å²) in [4.78, 5) is 11.2. The predicted molar refractivity (Wildman–Crippen MR) is 66.1 cm³/mol. The molecule has 0 fully saturated rings. The van der Waals surface area contributed by atoms with Gasteiger partial charge >= 0.3 is 5.97 Å². The van der Waals surface area contributed by atoms with E-state index in [1.165, 1.54) is 7.11 Å². The molecule has 0 radical (unpaired) electrons. The molecule has 1 rings (SSSR count). The Morgan fingerprint density at radius 2 is 2.07 bits per heavy atom. The van der Waals surface area contributed by atoms with Crippen LogP contribution in [0.25, 0.3) is 0 Å². The molecule has 0 N–H and O–H groups in total. The predicted octanol–water partition coefficient (Wildman–Crippen LogP) is 4.02. The normalized spacial score (nSPS) is 10.4. The summed E-state index contributed by atoms with van der Waals surface area (Å²) < 4.78 is 5.53. The van der Waals surface area contributed by atoms with Crippen LogP contribution in [0.5, 0.6) is 0 Å². The fraction of sp³-hybridized carbons (Fsp3) is 0.222. The molecule has 0 bridgehead atoms. The highest BCUT2D eigenvalue weighted by atomic mass is 79.9. The number of methoxy groups -OCH3 is 1. The Bertz CT molecular complexity index is 350. The number of hydrogen-bond acceptors (Lipinski definition) is 2. The highest BCUT2D eigenvalue weighted by Gasteiger charge is 2.11. The molecule has 0 saturated heterocycles. The van der Waals surface area contributed by atoms with E-state index >= 15 is 0 Å². The topological polar surface area (TPSA) is 26.3 Å². The second kappa shape index (κ2) is 5.28. The first-order valence-electron chi connectivity index (χ1n) is 3.72. The zero-order valence-electron chi connectivity index (χ0n) is 7.26. The van der Waals surface area contributed by atoms with Gasteiger partial charge in [0, 0.05) is 4.47 Å². The van der Waals surface area contributed by atoms with Crippen molar-refractivity contribution in [2.45, 2.75) is 3.74 Å². The van der Waals surface area contributed by atoms with Crippen molar-refractivity contribution in [1.29, 1.82) is 0 Å². The van der Waals surface area contributed by atoms with Gasteiger partial charge in [0.1, 0.15) is 0 Å². The van der Waals surface area contributed by atoms with E-state index in [1.54, 1.807) is 12.1 Å². The van der Waals surface area contributed by atoms with E-state index < -0.39 is 0 Å². The van der Waals surface area contributed by atoms with Gasteiger partial charge in [-0.25, -0.2) is 4.79 Å². The molecule has 0 aliphatic rings. The first-order valence-corrected chi connectivity index (χ1v) is 6.34. The number of alkyl halides is 2. The Balaban J connectivity index is 3.06. The van der Waals surface area contributed by atoms with E-state index in [0.29, 0.717) is 5.56 Å². The van der Waals surface area contributed by atoms with Crippen LogP contribution in [0.15, 0.2) is 22.7 Å². The van der Waals surface area contributed by atoms with Crippen molar-refractivity contribution in [3.63, 3.8) is 0 Å². The van der Waals surface area contributed by atoms with Crippen LogP contribution in [0, 0.1) is 0 Å². The van der Waals surface area contributed by atoms with Gasteiger partial charge < -0.3 is 4.74 Å². The van der Waals surface area contributed by atoms with Crippen LogP contribution >= 0.6 is 47.8 Å². The lowest BCUT2D eigenvalue weighted by Crippen LogP contribution is -2.01. The van der Waals surface area contributed by atoms with Crippen molar-refractivity contribution < 1.29 is 9.53 Å². The fourth-order valence-electron chi connectivity index (χ4n) is 0.949. The SMILES string of the molecule is COC(=O)c1ccc(C(Br)Br)c(Br)c1. The Hall–Kier alpha value is 0.130. The van der Waals surface area contributed by atoms with Gasteiger partial charge in [0.2, 0.25) is 0 Å². The first-order chi connectivity index (χ1) is 6.56. The number of halogens is 3. The summed E-state index contributed by atoms with van der Waals surface area (Å²) in [5, 5.41) is 0. The van der Waals surface area contributed by atoms with Gasteiger partial charge in [0.15, 0.2) is 0 Å². The van der Waals surface area contributed by atoms with Crippen molar-refractivity contribution in [3.05, 3.63) is 33.8 Å². The number of esters is 1. The van der Waals surface area contributed by atoms with Gasteiger partial charge in [0.05, 0.1) is 16.4 Å². The van der Waals surface area contributed by atoms with Crippen molar-refractivity contribution in [2.75, 3.05) is 7.11 Å². The summed E-state index contributed by atoms with van der Waals surface area (Å²) in [6.45, 7) is 0. The minimum Gasteiger partial charge on any atom is -0.465 e. The average Bonchev–Trinajstić information content (AvgIpc) is 2.15. The molecule has 0 aliphatic heterocycles. The number of hydrogen-bond donors (Lipinski definition) is 0. The number of carbonyl (C=O) groups is 1. The summed E-state index contributed by atoms with van der Waals surface area (Å²) >= 11 is 10.1. The lowest BCUT2D eigenvalue weighted by Gasteiger charge is -2.06. The Kier molecular flexibility index (Phi) is 4.60. The molecule has 0 unspecified atom stereocenters. The Morgan fingerprint density at radius 1 is 1.43 bits per heavy atom. The third kappa shape index (κ3) is 2.81. The average molecular weight is 387 g/mol. The molecule has 2 nitrogen and oxygen atoms in total. The molecular weight excluding hydrogens is 380 g/mol. The van der Waals surface area contributed by atoms with Gasteiger partial charge in [-0.05, 0) is 17.7 Å². The zero-order chi connectivity index (χ0) is 10.7. The number of carbonyl (C=O) groups excluding carboxylic acids is 1. The summed E-state index contributed by atoms with van der Waals surface area (Å²) in [6.07, 6.45) is 0. The van der Waals surface area contributed by atoms with Gasteiger partial charge in [-0.1, -0.05) is 53.9 Å². The van der Waals surface area contributed by atoms with Crippen LogP contribution in [-0.4, -0.2) is 13.1 Å². The third-order valence-corrected chi connectivity index (χ3v) is 3.33. The molecule has 5 heteroatoms. The fourth-order valence-corrected chi connectivity index (χ4v) is 2.97. The van der Waals surface area contributed by atoms with Crippen LogP contribution < -0.4 is 0 Å². The molecule has 1 aromatic rings. The van der Waals surface area contributed by atoms with Crippen LogP contribution in [0.4, 0.5) is 0 Å². The van der Waals surface area contributed by atoms with Crippen LogP contribution in [0.3, 0.4) is 0 Å². The molecule has 0 aliphatic carbocycles. The van der Waals surface area contributed by atoms with E-state index in [4.69, 9.17) is 0 Å². The molecule has 0 amide bonds. The molecule has 0 atom stereocenters. The highest BCUT2D eigenvalue weighted by Crippen LogP contribution is 2.34. The van der Waals surface area contributed by atoms with Gasteiger partial charge in [-0.3, -0.25) is 0 Å². The summed E-state index contributed by atoms with van der Waals surface area (Å²) in [6, 6.07) is 5.31. The van der Waals surface area contributed by atoms with E-state index in [1.807, 2.05) is 6.07 Å². The van der Waals surface area contributed by atoms with E-state index in [0.717, 1.165) is 10.0 Å². The summed E-state index contributed by atoms with van der Waals surface area (Å²) in [5.74, 6) is -0.335. The summed E-state index contributed by atoms with van der Waals surface area (Å²) in [5.41, 5.74) is 1.56. The Labute approximate surface area is 107 Å². The van der Waals surface area contributed by atoms with Gasteiger partial charge in [-0.15, -0.1) is 0 Å². The maximum Gasteiger partial charge on any atom is 0.337 e. The van der Waals surface area contributed by atoms with Crippen molar-refractivity contribution in [2.24, 2.45) is 0 Å². The molecule has 0 aromatic heterocycles. The molecule has 1 aromatic carbocycles. The Morgan fingerprint density at radius 3 is 2.50 bits per heavy atom. The molecule has 0 heterocycles. The minimum absolute atomic E-state index is 0.0658. The maximum absolute atomic E-state index is 11.2. The zero-order valence-corrected chi connectivity index (χ0v) is 12.0. The molecule has 0 saturated carbocycles. The lowest BCUT2D eigenvalue weighted by molar-refractivity contribution is 0.0600. The molecule has 0 spiro atoms. The van der Waals surface area contributed by atoms with E-state index in [-0.39, 0.29) is 9.71 Å². The molecule has 76 valence electrons. The first kappa shape index (κ1) is 12.2. The van der Waals surface area contributed by atoms with Gasteiger partial charge in [0.25, 0.3) is 0 Å². The highest BCUT2D eigenvalue weighted by molar-refractivity contribution is 9.24. The van der Waals surface area contributed by atoms with Crippen molar-refractivity contribution >= 4 is 53.8 Å². The summed E-state index contributed by atoms with van der Waals surface area (Å²) in [7, 11) is 1.36. The maximum atomic E-state index is 11.2. The number of rotatable bonds is 2. The minimum atomic E-state index is -0.335. The monoisotopic (exact) mass is 384 g/mol. The molecule has 14 heavy (non-hydrogen) atoms. The van der Waals surface area contributed by atoms with E-state index in [9.17, 15) is 4.79 Å². The van der Waals surface area contributed by atoms with Crippen LogP contribution in [0.1, 0.15) is 19.7 Å². The lowest BCUT2D eigenvalue weighted by atomic mass is 10.1. The largest absolute Gasteiger partial charge is 0.465 e. The quantitative estimate of drug-likeness (QED) is 0.566. The number of ether oxygens (including phenoxy) is 1. The standard InChI is InChI=1S/C9H7Br3O2/c1-14-9(13)5-2-3-6(8(11)12)7(10)4-5/h2-4,8H,1H3. The number of benzene rings is 1. The smallest absolute Gasteiger partial charge is 0.337 e. The van der Waals surface area contributed by atoms with Crippen LogP contribution in [-0.2, 0) is 4.74 Å². The van der Waals surface area contributed by atoms with Crippen molar-refractivity contribution in [3.8, 4) is 0 Å². The second-order valence-electron chi connectivity index (χ2n) is 2.53. The van der Waals surface area contributed by atoms with Crippen LogP contribution in [0.2, 0.25) is 0 Å². The van der Waals surface area contributed by atoms with Crippen molar-refractivity contribution in [1.82, 2.24) is 0 Å². The third-order valence-electron chi connectivity index (χ3n) is 1.66. The second-order valence-corrected chi connectivity index (χ2v) is 6.44. The van der Waals surface area contributed by atoms with Gasteiger partial charge in [-0.2, -0.15) is 0 Å².